The molecule has 1 aliphatic heterocycles. The number of unbranched alkanes of at least 4 members (excludes halogenated alkanes) is 1. The zero-order valence-corrected chi connectivity index (χ0v) is 16.1. The lowest BCUT2D eigenvalue weighted by Crippen LogP contribution is -2.36. The molecule has 2 amide bonds. The van der Waals surface area contributed by atoms with Gasteiger partial charge in [-0.1, -0.05) is 49.7 Å². The molecule has 5 heteroatoms. The van der Waals surface area contributed by atoms with Crippen molar-refractivity contribution in [2.24, 2.45) is 0 Å². The maximum atomic E-state index is 13.1. The number of nitrogens with one attached hydrogen (secondary N) is 1. The molecule has 2 aromatic carbocycles. The van der Waals surface area contributed by atoms with Crippen molar-refractivity contribution in [1.29, 1.82) is 0 Å². The van der Waals surface area contributed by atoms with Gasteiger partial charge < -0.3 is 15.0 Å². The summed E-state index contributed by atoms with van der Waals surface area (Å²) in [5.74, 6) is 0.473. The molecule has 0 fully saturated rings. The lowest BCUT2D eigenvalue weighted by Gasteiger charge is -2.21. The van der Waals surface area contributed by atoms with Crippen LogP contribution in [0, 0.1) is 6.92 Å². The lowest BCUT2D eigenvalue weighted by atomic mass is 10.0. The Labute approximate surface area is 160 Å². The number of nitrogens with zero attached hydrogens (tertiary/aromatic N) is 1. The SMILES string of the molecule is CCCCOc1ccccc1CN1C(=O)[C@@H](NC(C)=O)c2cccc(C)c21. The zero-order chi connectivity index (χ0) is 19.4. The van der Waals surface area contributed by atoms with E-state index in [1.807, 2.05) is 49.4 Å². The second-order valence-corrected chi connectivity index (χ2v) is 6.88. The lowest BCUT2D eigenvalue weighted by molar-refractivity contribution is -0.126. The number of ether oxygens (including phenoxy) is 1. The molecule has 0 spiro atoms. The smallest absolute Gasteiger partial charge is 0.254 e. The standard InChI is InChI=1S/C22H26N2O3/c1-4-5-13-27-19-12-7-6-10-17(19)14-24-21-15(2)9-8-11-18(21)20(22(24)26)23-16(3)25/h6-12,20H,4-5,13-14H2,1-3H3,(H,23,25)/t20-/m0/s1. The van der Waals surface area contributed by atoms with Crippen LogP contribution in [-0.2, 0) is 16.1 Å². The molecule has 2 aromatic rings. The van der Waals surface area contributed by atoms with E-state index in [-0.39, 0.29) is 11.8 Å². The number of benzene rings is 2. The van der Waals surface area contributed by atoms with E-state index in [2.05, 4.69) is 12.2 Å². The van der Waals surface area contributed by atoms with E-state index in [1.165, 1.54) is 6.92 Å². The van der Waals surface area contributed by atoms with Crippen LogP contribution in [0.3, 0.4) is 0 Å². The third kappa shape index (κ3) is 3.97. The molecular formula is C22H26N2O3. The van der Waals surface area contributed by atoms with Gasteiger partial charge in [0.15, 0.2) is 0 Å². The van der Waals surface area contributed by atoms with Gasteiger partial charge in [-0.25, -0.2) is 0 Å². The molecule has 0 bridgehead atoms. The van der Waals surface area contributed by atoms with Crippen molar-refractivity contribution in [2.45, 2.75) is 46.2 Å². The van der Waals surface area contributed by atoms with Gasteiger partial charge in [0.1, 0.15) is 11.8 Å². The average molecular weight is 366 g/mol. The molecule has 1 heterocycles. The molecule has 5 nitrogen and oxygen atoms in total. The van der Waals surface area contributed by atoms with E-state index in [1.54, 1.807) is 4.90 Å². The molecule has 0 saturated heterocycles. The van der Waals surface area contributed by atoms with Crippen LogP contribution < -0.4 is 15.0 Å². The summed E-state index contributed by atoms with van der Waals surface area (Å²) in [6.45, 7) is 6.61. The summed E-state index contributed by atoms with van der Waals surface area (Å²) in [6, 6.07) is 13.0. The molecule has 1 N–H and O–H groups in total. The molecule has 0 saturated carbocycles. The maximum absolute atomic E-state index is 13.1. The topological polar surface area (TPSA) is 58.6 Å². The molecular weight excluding hydrogens is 340 g/mol. The van der Waals surface area contributed by atoms with E-state index in [0.717, 1.165) is 41.0 Å². The van der Waals surface area contributed by atoms with Crippen molar-refractivity contribution in [3.8, 4) is 5.75 Å². The monoisotopic (exact) mass is 366 g/mol. The first-order valence-electron chi connectivity index (χ1n) is 9.41. The van der Waals surface area contributed by atoms with Gasteiger partial charge in [-0.05, 0) is 25.0 Å². The van der Waals surface area contributed by atoms with Crippen LogP contribution in [-0.4, -0.2) is 18.4 Å². The number of amides is 2. The second-order valence-electron chi connectivity index (χ2n) is 6.88. The van der Waals surface area contributed by atoms with Crippen molar-refractivity contribution >= 4 is 17.5 Å². The van der Waals surface area contributed by atoms with Crippen LogP contribution in [0.4, 0.5) is 5.69 Å². The fourth-order valence-corrected chi connectivity index (χ4v) is 3.45. The first kappa shape index (κ1) is 19.0. The van der Waals surface area contributed by atoms with E-state index < -0.39 is 6.04 Å². The molecule has 0 radical (unpaired) electrons. The maximum Gasteiger partial charge on any atom is 0.254 e. The molecule has 3 rings (SSSR count). The Morgan fingerprint density at radius 1 is 1.19 bits per heavy atom. The predicted octanol–water partition coefficient (Wildman–Crippen LogP) is 3.90. The summed E-state index contributed by atoms with van der Waals surface area (Å²) in [4.78, 5) is 26.5. The minimum atomic E-state index is -0.634. The predicted molar refractivity (Wildman–Crippen MR) is 106 cm³/mol. The molecule has 1 atom stereocenters. The quantitative estimate of drug-likeness (QED) is 0.756. The summed E-state index contributed by atoms with van der Waals surface area (Å²) in [6.07, 6.45) is 2.06. The summed E-state index contributed by atoms with van der Waals surface area (Å²) in [5, 5.41) is 2.79. The van der Waals surface area contributed by atoms with E-state index in [9.17, 15) is 9.59 Å². The molecule has 142 valence electrons. The third-order valence-electron chi connectivity index (χ3n) is 4.77. The number of hydrogen-bond donors (Lipinski definition) is 1. The Morgan fingerprint density at radius 3 is 2.70 bits per heavy atom. The largest absolute Gasteiger partial charge is 0.493 e. The van der Waals surface area contributed by atoms with Crippen molar-refractivity contribution in [2.75, 3.05) is 11.5 Å². The van der Waals surface area contributed by atoms with Crippen molar-refractivity contribution in [1.82, 2.24) is 5.32 Å². The van der Waals surface area contributed by atoms with Crippen LogP contribution in [0.2, 0.25) is 0 Å². The number of carbonyl (C=O) groups is 2. The minimum absolute atomic E-state index is 0.113. The van der Waals surface area contributed by atoms with Gasteiger partial charge in [0.2, 0.25) is 5.91 Å². The fraction of sp³-hybridized carbons (Fsp3) is 0.364. The molecule has 0 aliphatic carbocycles. The minimum Gasteiger partial charge on any atom is -0.493 e. The second kappa shape index (κ2) is 8.25. The Bertz CT molecular complexity index is 847. The van der Waals surface area contributed by atoms with E-state index >= 15 is 0 Å². The Hall–Kier alpha value is -2.82. The van der Waals surface area contributed by atoms with Gasteiger partial charge >= 0.3 is 0 Å². The van der Waals surface area contributed by atoms with Gasteiger partial charge in [0.25, 0.3) is 5.91 Å². The van der Waals surface area contributed by atoms with Crippen molar-refractivity contribution in [3.05, 3.63) is 59.2 Å². The zero-order valence-electron chi connectivity index (χ0n) is 16.1. The Morgan fingerprint density at radius 2 is 1.96 bits per heavy atom. The highest BCUT2D eigenvalue weighted by Gasteiger charge is 2.38. The summed E-state index contributed by atoms with van der Waals surface area (Å²) < 4.78 is 5.92. The molecule has 0 aromatic heterocycles. The molecule has 0 unspecified atom stereocenters. The number of anilines is 1. The number of fused-ring (bicyclic) bond motifs is 1. The van der Waals surface area contributed by atoms with Crippen LogP contribution in [0.1, 0.15) is 49.4 Å². The first-order chi connectivity index (χ1) is 13.0. The number of carbonyl (C=O) groups excluding carboxylic acids is 2. The van der Waals surface area contributed by atoms with Crippen LogP contribution in [0.15, 0.2) is 42.5 Å². The summed E-state index contributed by atoms with van der Waals surface area (Å²) >= 11 is 0. The van der Waals surface area contributed by atoms with Crippen LogP contribution >= 0.6 is 0 Å². The first-order valence-corrected chi connectivity index (χ1v) is 9.41. The number of rotatable bonds is 7. The van der Waals surface area contributed by atoms with Gasteiger partial charge in [-0.3, -0.25) is 9.59 Å². The van der Waals surface area contributed by atoms with Gasteiger partial charge in [-0.2, -0.15) is 0 Å². The Balaban J connectivity index is 1.92. The molecule has 1 aliphatic rings. The van der Waals surface area contributed by atoms with E-state index in [0.29, 0.717) is 13.2 Å². The number of aryl methyl sites for hydroxylation is 1. The van der Waals surface area contributed by atoms with Gasteiger partial charge in [0, 0.05) is 18.1 Å². The van der Waals surface area contributed by atoms with Crippen LogP contribution in [0.25, 0.3) is 0 Å². The highest BCUT2D eigenvalue weighted by atomic mass is 16.5. The molecule has 27 heavy (non-hydrogen) atoms. The average Bonchev–Trinajstić information content (AvgIpc) is 2.90. The highest BCUT2D eigenvalue weighted by molar-refractivity contribution is 6.06. The van der Waals surface area contributed by atoms with Gasteiger partial charge in [-0.15, -0.1) is 0 Å². The van der Waals surface area contributed by atoms with Crippen molar-refractivity contribution < 1.29 is 14.3 Å². The Kier molecular flexibility index (Phi) is 5.79. The number of para-hydroxylation sites is 2. The fourth-order valence-electron chi connectivity index (χ4n) is 3.45. The summed E-state index contributed by atoms with van der Waals surface area (Å²) in [5.41, 5.74) is 3.70. The normalized spacial score (nSPS) is 15.6. The van der Waals surface area contributed by atoms with Crippen molar-refractivity contribution in [3.63, 3.8) is 0 Å². The third-order valence-corrected chi connectivity index (χ3v) is 4.77. The van der Waals surface area contributed by atoms with Gasteiger partial charge in [0.05, 0.1) is 18.8 Å². The van der Waals surface area contributed by atoms with E-state index in [4.69, 9.17) is 4.74 Å². The number of hydrogen-bond acceptors (Lipinski definition) is 3. The van der Waals surface area contributed by atoms with Crippen LogP contribution in [0.5, 0.6) is 5.75 Å². The highest BCUT2D eigenvalue weighted by Crippen LogP contribution is 2.40. The summed E-state index contributed by atoms with van der Waals surface area (Å²) in [7, 11) is 0.